The minimum atomic E-state index is -0.318. The van der Waals surface area contributed by atoms with Gasteiger partial charge in [0.15, 0.2) is 11.5 Å². The second-order valence-corrected chi connectivity index (χ2v) is 11.0. The monoisotopic (exact) mass is 648 g/mol. The van der Waals surface area contributed by atoms with Gasteiger partial charge in [-0.1, -0.05) is 45.2 Å². The smallest absolute Gasteiger partial charge is 0.254 e. The Balaban J connectivity index is 1.40. The summed E-state index contributed by atoms with van der Waals surface area (Å²) in [7, 11) is 0. The summed E-state index contributed by atoms with van der Waals surface area (Å²) in [5.41, 5.74) is 1.30. The molecule has 4 rings (SSSR count). The third-order valence-corrected chi connectivity index (χ3v) is 7.70. The molecule has 7 nitrogen and oxygen atoms in total. The lowest BCUT2D eigenvalue weighted by molar-refractivity contribution is -0.126. The standard InChI is InChI=1S/C30H31BrCl2N2O5/c1-3-38-26-12-8-19(14-28(26)39-4-2)30(37)35-13-5-6-21(18-35)29(36)34-17-20-7-9-22(31)15-27(20)40-23-10-11-24(32)25(33)16-23/h7-12,14-16,21H,3-6,13,17-18H2,1-2H3,(H,34,36). The van der Waals surface area contributed by atoms with E-state index in [0.29, 0.717) is 71.3 Å². The fourth-order valence-corrected chi connectivity index (χ4v) is 5.13. The lowest BCUT2D eigenvalue weighted by atomic mass is 9.96. The summed E-state index contributed by atoms with van der Waals surface area (Å²) in [6.45, 7) is 5.94. The van der Waals surface area contributed by atoms with Crippen LogP contribution in [0.3, 0.4) is 0 Å². The molecule has 0 aliphatic carbocycles. The average Bonchev–Trinajstić information content (AvgIpc) is 2.95. The van der Waals surface area contributed by atoms with Crippen molar-refractivity contribution in [1.82, 2.24) is 10.2 Å². The Morgan fingerprint density at radius 1 is 0.950 bits per heavy atom. The van der Waals surface area contributed by atoms with Gasteiger partial charge < -0.3 is 24.4 Å². The Morgan fingerprint density at radius 3 is 2.48 bits per heavy atom. The second kappa shape index (κ2) is 14.1. The Kier molecular flexibility index (Phi) is 10.6. The lowest BCUT2D eigenvalue weighted by Crippen LogP contribution is -2.45. The zero-order chi connectivity index (χ0) is 28.6. The predicted molar refractivity (Wildman–Crippen MR) is 160 cm³/mol. The molecule has 0 spiro atoms. The van der Waals surface area contributed by atoms with Crippen molar-refractivity contribution in [3.63, 3.8) is 0 Å². The number of likely N-dealkylation sites (tertiary alicyclic amines) is 1. The van der Waals surface area contributed by atoms with Gasteiger partial charge in [0.2, 0.25) is 5.91 Å². The molecule has 1 unspecified atom stereocenters. The summed E-state index contributed by atoms with van der Waals surface area (Å²) >= 11 is 15.6. The van der Waals surface area contributed by atoms with Gasteiger partial charge in [0, 0.05) is 41.3 Å². The van der Waals surface area contributed by atoms with E-state index in [0.717, 1.165) is 16.5 Å². The zero-order valence-corrected chi connectivity index (χ0v) is 25.4. The highest BCUT2D eigenvalue weighted by Crippen LogP contribution is 2.33. The van der Waals surface area contributed by atoms with Crippen LogP contribution >= 0.6 is 39.1 Å². The molecule has 1 aliphatic heterocycles. The van der Waals surface area contributed by atoms with E-state index in [-0.39, 0.29) is 24.3 Å². The van der Waals surface area contributed by atoms with Gasteiger partial charge in [-0.05, 0) is 69.2 Å². The topological polar surface area (TPSA) is 77.1 Å². The van der Waals surface area contributed by atoms with Crippen LogP contribution in [0.25, 0.3) is 0 Å². The second-order valence-electron chi connectivity index (χ2n) is 9.27. The number of halogens is 3. The molecule has 1 saturated heterocycles. The largest absolute Gasteiger partial charge is 0.490 e. The molecule has 1 heterocycles. The maximum absolute atomic E-state index is 13.3. The van der Waals surface area contributed by atoms with Gasteiger partial charge >= 0.3 is 0 Å². The van der Waals surface area contributed by atoms with E-state index in [1.54, 1.807) is 41.3 Å². The molecule has 0 bridgehead atoms. The van der Waals surface area contributed by atoms with Crippen LogP contribution in [0.15, 0.2) is 59.1 Å². The normalized spacial score (nSPS) is 14.9. The number of carbonyl (C=O) groups excluding carboxylic acids is 2. The Bertz CT molecular complexity index is 1370. The molecule has 3 aromatic rings. The van der Waals surface area contributed by atoms with Gasteiger partial charge in [-0.2, -0.15) is 0 Å². The highest BCUT2D eigenvalue weighted by molar-refractivity contribution is 9.10. The fraction of sp³-hybridized carbons (Fsp3) is 0.333. The molecule has 3 aromatic carbocycles. The van der Waals surface area contributed by atoms with Crippen LogP contribution in [0.2, 0.25) is 10.0 Å². The van der Waals surface area contributed by atoms with Crippen molar-refractivity contribution >= 4 is 50.9 Å². The van der Waals surface area contributed by atoms with Crippen LogP contribution in [0, 0.1) is 5.92 Å². The molecular formula is C30H31BrCl2N2O5. The van der Waals surface area contributed by atoms with Gasteiger partial charge in [-0.25, -0.2) is 0 Å². The van der Waals surface area contributed by atoms with Crippen molar-refractivity contribution in [2.24, 2.45) is 5.92 Å². The third-order valence-electron chi connectivity index (χ3n) is 6.47. The molecule has 1 fully saturated rings. The first-order chi connectivity index (χ1) is 19.3. The van der Waals surface area contributed by atoms with E-state index in [4.69, 9.17) is 37.4 Å². The fourth-order valence-electron chi connectivity index (χ4n) is 4.51. The van der Waals surface area contributed by atoms with Crippen LogP contribution in [0.4, 0.5) is 0 Å². The minimum absolute atomic E-state index is 0.109. The molecule has 1 N–H and O–H groups in total. The van der Waals surface area contributed by atoms with Gasteiger partial charge in [0.25, 0.3) is 5.91 Å². The molecule has 1 atom stereocenters. The molecule has 10 heteroatoms. The number of piperidine rings is 1. The van der Waals surface area contributed by atoms with Crippen molar-refractivity contribution in [2.75, 3.05) is 26.3 Å². The molecule has 0 saturated carbocycles. The Hall–Kier alpha value is -2.94. The number of hydrogen-bond donors (Lipinski definition) is 1. The molecule has 0 radical (unpaired) electrons. The van der Waals surface area contributed by atoms with Gasteiger partial charge in [-0.15, -0.1) is 0 Å². The number of nitrogens with zero attached hydrogens (tertiary/aromatic N) is 1. The zero-order valence-electron chi connectivity index (χ0n) is 22.3. The van der Waals surface area contributed by atoms with Crippen LogP contribution < -0.4 is 19.5 Å². The van der Waals surface area contributed by atoms with E-state index in [9.17, 15) is 9.59 Å². The average molecular weight is 650 g/mol. The molecule has 2 amide bonds. The SMILES string of the molecule is CCOc1ccc(C(=O)N2CCCC(C(=O)NCc3ccc(Br)cc3Oc3ccc(Cl)c(Cl)c3)C2)cc1OCC. The van der Waals surface area contributed by atoms with Crippen molar-refractivity contribution < 1.29 is 23.8 Å². The molecule has 0 aromatic heterocycles. The van der Waals surface area contributed by atoms with E-state index in [2.05, 4.69) is 21.2 Å². The van der Waals surface area contributed by atoms with Gasteiger partial charge in [0.1, 0.15) is 11.5 Å². The molecule has 212 valence electrons. The number of amides is 2. The third kappa shape index (κ3) is 7.62. The lowest BCUT2D eigenvalue weighted by Gasteiger charge is -2.32. The summed E-state index contributed by atoms with van der Waals surface area (Å²) in [4.78, 5) is 28.2. The predicted octanol–water partition coefficient (Wildman–Crippen LogP) is 7.51. The first-order valence-electron chi connectivity index (χ1n) is 13.2. The summed E-state index contributed by atoms with van der Waals surface area (Å²) in [6, 6.07) is 15.8. The highest BCUT2D eigenvalue weighted by atomic mass is 79.9. The number of carbonyl (C=O) groups is 2. The minimum Gasteiger partial charge on any atom is -0.490 e. The van der Waals surface area contributed by atoms with Crippen molar-refractivity contribution in [2.45, 2.75) is 33.2 Å². The number of ether oxygens (including phenoxy) is 3. The quantitative estimate of drug-likeness (QED) is 0.246. The van der Waals surface area contributed by atoms with Crippen LogP contribution in [0.5, 0.6) is 23.0 Å². The summed E-state index contributed by atoms with van der Waals surface area (Å²) < 4.78 is 18.2. The van der Waals surface area contributed by atoms with Crippen molar-refractivity contribution in [3.05, 3.63) is 80.2 Å². The van der Waals surface area contributed by atoms with Crippen LogP contribution in [-0.2, 0) is 11.3 Å². The van der Waals surface area contributed by atoms with Gasteiger partial charge in [0.05, 0.1) is 29.2 Å². The van der Waals surface area contributed by atoms with Crippen LogP contribution in [0.1, 0.15) is 42.6 Å². The number of rotatable bonds is 10. The summed E-state index contributed by atoms with van der Waals surface area (Å²) in [6.07, 6.45) is 1.44. The first-order valence-corrected chi connectivity index (χ1v) is 14.7. The van der Waals surface area contributed by atoms with E-state index >= 15 is 0 Å². The molecular weight excluding hydrogens is 619 g/mol. The molecule has 40 heavy (non-hydrogen) atoms. The van der Waals surface area contributed by atoms with E-state index in [1.807, 2.05) is 32.0 Å². The number of hydrogen-bond acceptors (Lipinski definition) is 5. The highest BCUT2D eigenvalue weighted by Gasteiger charge is 2.29. The maximum Gasteiger partial charge on any atom is 0.254 e. The Labute approximate surface area is 252 Å². The molecule has 1 aliphatic rings. The van der Waals surface area contributed by atoms with Crippen LogP contribution in [-0.4, -0.2) is 43.0 Å². The van der Waals surface area contributed by atoms with Crippen molar-refractivity contribution in [3.8, 4) is 23.0 Å². The van der Waals surface area contributed by atoms with E-state index < -0.39 is 0 Å². The van der Waals surface area contributed by atoms with Crippen molar-refractivity contribution in [1.29, 1.82) is 0 Å². The van der Waals surface area contributed by atoms with E-state index in [1.165, 1.54) is 0 Å². The first kappa shape index (κ1) is 30.0. The number of nitrogens with one attached hydrogen (secondary N) is 1. The summed E-state index contributed by atoms with van der Waals surface area (Å²) in [5.74, 6) is 1.69. The maximum atomic E-state index is 13.3. The van der Waals surface area contributed by atoms with Gasteiger partial charge in [-0.3, -0.25) is 9.59 Å². The Morgan fingerprint density at radius 2 is 1.73 bits per heavy atom. The number of benzene rings is 3. The summed E-state index contributed by atoms with van der Waals surface area (Å²) in [5, 5.41) is 3.85.